The van der Waals surface area contributed by atoms with Crippen molar-refractivity contribution < 1.29 is 23.1 Å². The molecule has 0 aliphatic carbocycles. The third-order valence-corrected chi connectivity index (χ3v) is 3.52. The van der Waals surface area contributed by atoms with Gasteiger partial charge in [-0.2, -0.15) is 13.2 Å². The van der Waals surface area contributed by atoms with Crippen LogP contribution in [0.1, 0.15) is 36.2 Å². The number of alkyl halides is 3. The molecule has 2 nitrogen and oxygen atoms in total. The Balaban J connectivity index is 2.96. The van der Waals surface area contributed by atoms with Crippen LogP contribution < -0.4 is 0 Å². The van der Waals surface area contributed by atoms with Crippen LogP contribution >= 0.6 is 11.8 Å². The van der Waals surface area contributed by atoms with Crippen molar-refractivity contribution in [1.82, 2.24) is 0 Å². The summed E-state index contributed by atoms with van der Waals surface area (Å²) in [5.74, 6) is -0.375. The van der Waals surface area contributed by atoms with Crippen molar-refractivity contribution >= 4 is 17.7 Å². The number of halogens is 3. The van der Waals surface area contributed by atoms with Crippen molar-refractivity contribution in [3.63, 3.8) is 0 Å². The Morgan fingerprint density at radius 1 is 1.37 bits per heavy atom. The molecule has 0 heterocycles. The second-order valence-electron chi connectivity index (χ2n) is 4.54. The summed E-state index contributed by atoms with van der Waals surface area (Å²) < 4.78 is 38.3. The van der Waals surface area contributed by atoms with Crippen molar-refractivity contribution in [3.05, 3.63) is 29.3 Å². The molecular weight excluding hydrogens is 277 g/mol. The monoisotopic (exact) mass is 292 g/mol. The summed E-state index contributed by atoms with van der Waals surface area (Å²) in [6.45, 7) is 4.07. The van der Waals surface area contributed by atoms with Crippen molar-refractivity contribution in [3.8, 4) is 0 Å². The average molecular weight is 292 g/mol. The number of rotatable bonds is 5. The van der Waals surface area contributed by atoms with Crippen molar-refractivity contribution in [2.24, 2.45) is 5.92 Å². The minimum atomic E-state index is -4.65. The molecule has 0 amide bonds. The van der Waals surface area contributed by atoms with Crippen LogP contribution in [0, 0.1) is 5.92 Å². The lowest BCUT2D eigenvalue weighted by molar-refractivity contribution is -0.138. The van der Waals surface area contributed by atoms with E-state index in [1.165, 1.54) is 17.8 Å². The number of carbonyl (C=O) groups is 1. The molecule has 0 aliphatic heterocycles. The number of hydrogen-bond donors (Lipinski definition) is 1. The van der Waals surface area contributed by atoms with Crippen LogP contribution in [0.4, 0.5) is 13.2 Å². The average Bonchev–Trinajstić information content (AvgIpc) is 2.27. The third-order valence-electron chi connectivity index (χ3n) is 2.49. The zero-order chi connectivity index (χ0) is 14.6. The Morgan fingerprint density at radius 2 is 2.00 bits per heavy atom. The number of benzene rings is 1. The van der Waals surface area contributed by atoms with Gasteiger partial charge in [0.1, 0.15) is 0 Å². The van der Waals surface area contributed by atoms with E-state index >= 15 is 0 Å². The normalized spacial score (nSPS) is 11.9. The summed E-state index contributed by atoms with van der Waals surface area (Å²) in [5.41, 5.74) is -1.80. The molecule has 1 N–H and O–H groups in total. The molecule has 0 spiro atoms. The molecule has 0 aliphatic rings. The maximum atomic E-state index is 12.8. The second kappa shape index (κ2) is 6.32. The first-order valence-corrected chi connectivity index (χ1v) is 6.77. The smallest absolute Gasteiger partial charge is 0.417 e. The summed E-state index contributed by atoms with van der Waals surface area (Å²) in [5, 5.41) is 8.76. The SMILES string of the molecule is CC(C)CCSc1ccc(C(=O)O)c(C(F)(F)F)c1. The number of hydrogen-bond acceptors (Lipinski definition) is 2. The predicted octanol–water partition coefficient (Wildman–Crippen LogP) is 4.54. The second-order valence-corrected chi connectivity index (χ2v) is 5.71. The standard InChI is InChI=1S/C13H15F3O2S/c1-8(2)5-6-19-9-3-4-10(12(17)18)11(7-9)13(14,15)16/h3-4,7-8H,5-6H2,1-2H3,(H,17,18). The molecule has 19 heavy (non-hydrogen) atoms. The fraction of sp³-hybridized carbons (Fsp3) is 0.462. The van der Waals surface area contributed by atoms with Crippen LogP contribution in [0.15, 0.2) is 23.1 Å². The largest absolute Gasteiger partial charge is 0.478 e. The molecule has 106 valence electrons. The van der Waals surface area contributed by atoms with E-state index in [2.05, 4.69) is 0 Å². The molecule has 0 atom stereocenters. The molecular formula is C13H15F3O2S. The summed E-state index contributed by atoms with van der Waals surface area (Å²) in [6.07, 6.45) is -3.75. The Morgan fingerprint density at radius 3 is 2.47 bits per heavy atom. The molecule has 1 aromatic carbocycles. The van der Waals surface area contributed by atoms with Gasteiger partial charge in [0.25, 0.3) is 0 Å². The van der Waals surface area contributed by atoms with Gasteiger partial charge >= 0.3 is 12.1 Å². The van der Waals surface area contributed by atoms with Crippen LogP contribution in [-0.2, 0) is 6.18 Å². The molecule has 0 unspecified atom stereocenters. The molecule has 1 rings (SSSR count). The topological polar surface area (TPSA) is 37.3 Å². The maximum absolute atomic E-state index is 12.8. The van der Waals surface area contributed by atoms with E-state index in [-0.39, 0.29) is 0 Å². The van der Waals surface area contributed by atoms with Gasteiger partial charge in [0.15, 0.2) is 0 Å². The summed E-state index contributed by atoms with van der Waals surface area (Å²) in [4.78, 5) is 11.2. The Labute approximate surface area is 114 Å². The molecule has 0 saturated carbocycles. The van der Waals surface area contributed by atoms with Gasteiger partial charge in [0.2, 0.25) is 0 Å². The molecule has 0 fully saturated rings. The van der Waals surface area contributed by atoms with Crippen LogP contribution in [0.25, 0.3) is 0 Å². The van der Waals surface area contributed by atoms with Crippen LogP contribution in [0.3, 0.4) is 0 Å². The number of carboxylic acid groups (broad SMARTS) is 1. The van der Waals surface area contributed by atoms with E-state index in [0.717, 1.165) is 18.6 Å². The quantitative estimate of drug-likeness (QED) is 0.809. The first-order chi connectivity index (χ1) is 8.71. The third kappa shape index (κ3) is 4.78. The van der Waals surface area contributed by atoms with Gasteiger partial charge in [-0.3, -0.25) is 0 Å². The highest BCUT2D eigenvalue weighted by Gasteiger charge is 2.35. The lowest BCUT2D eigenvalue weighted by Gasteiger charge is -2.12. The van der Waals surface area contributed by atoms with Crippen LogP contribution in [-0.4, -0.2) is 16.8 Å². The minimum Gasteiger partial charge on any atom is -0.478 e. The van der Waals surface area contributed by atoms with Crippen LogP contribution in [0.2, 0.25) is 0 Å². The highest BCUT2D eigenvalue weighted by molar-refractivity contribution is 7.99. The fourth-order valence-corrected chi connectivity index (χ4v) is 2.64. The lowest BCUT2D eigenvalue weighted by Crippen LogP contribution is -2.12. The van der Waals surface area contributed by atoms with E-state index in [0.29, 0.717) is 16.6 Å². The summed E-state index contributed by atoms with van der Waals surface area (Å²) in [7, 11) is 0. The molecule has 0 aromatic heterocycles. The Bertz CT molecular complexity index is 456. The fourth-order valence-electron chi connectivity index (χ4n) is 1.45. The van der Waals surface area contributed by atoms with E-state index in [1.54, 1.807) is 0 Å². The van der Waals surface area contributed by atoms with Crippen molar-refractivity contribution in [2.45, 2.75) is 31.3 Å². The van der Waals surface area contributed by atoms with E-state index in [4.69, 9.17) is 5.11 Å². The maximum Gasteiger partial charge on any atom is 0.417 e. The van der Waals surface area contributed by atoms with Gasteiger partial charge in [-0.25, -0.2) is 4.79 Å². The molecule has 6 heteroatoms. The van der Waals surface area contributed by atoms with Gasteiger partial charge in [0, 0.05) is 4.90 Å². The number of carboxylic acids is 1. The molecule has 1 aromatic rings. The van der Waals surface area contributed by atoms with Gasteiger partial charge in [-0.05, 0) is 36.3 Å². The summed E-state index contributed by atoms with van der Waals surface area (Å²) in [6, 6.07) is 3.35. The van der Waals surface area contributed by atoms with Crippen LogP contribution in [0.5, 0.6) is 0 Å². The van der Waals surface area contributed by atoms with Crippen molar-refractivity contribution in [1.29, 1.82) is 0 Å². The van der Waals surface area contributed by atoms with Gasteiger partial charge in [-0.1, -0.05) is 13.8 Å². The first kappa shape index (κ1) is 15.9. The molecule has 0 saturated heterocycles. The van der Waals surface area contributed by atoms with E-state index < -0.39 is 23.3 Å². The first-order valence-electron chi connectivity index (χ1n) is 5.79. The minimum absolute atomic E-state index is 0.443. The zero-order valence-corrected chi connectivity index (χ0v) is 11.4. The van der Waals surface area contributed by atoms with E-state index in [1.807, 2.05) is 13.8 Å². The van der Waals surface area contributed by atoms with Gasteiger partial charge < -0.3 is 5.11 Å². The number of thioether (sulfide) groups is 1. The Kier molecular flexibility index (Phi) is 5.29. The zero-order valence-electron chi connectivity index (χ0n) is 10.6. The highest BCUT2D eigenvalue weighted by atomic mass is 32.2. The Hall–Kier alpha value is -1.17. The molecule has 0 bridgehead atoms. The lowest BCUT2D eigenvalue weighted by atomic mass is 10.1. The molecule has 0 radical (unpaired) electrons. The summed E-state index contributed by atoms with van der Waals surface area (Å²) >= 11 is 1.31. The van der Waals surface area contributed by atoms with Crippen molar-refractivity contribution in [2.75, 3.05) is 5.75 Å². The van der Waals surface area contributed by atoms with Gasteiger partial charge in [-0.15, -0.1) is 11.8 Å². The van der Waals surface area contributed by atoms with E-state index in [9.17, 15) is 18.0 Å². The van der Waals surface area contributed by atoms with Gasteiger partial charge in [0.05, 0.1) is 11.1 Å². The number of aromatic carboxylic acids is 1. The predicted molar refractivity (Wildman–Crippen MR) is 68.6 cm³/mol. The highest BCUT2D eigenvalue weighted by Crippen LogP contribution is 2.35.